The van der Waals surface area contributed by atoms with E-state index in [1.165, 1.54) is 0 Å². The highest BCUT2D eigenvalue weighted by Crippen LogP contribution is 2.26. The van der Waals surface area contributed by atoms with Crippen LogP contribution in [-0.4, -0.2) is 28.7 Å². The number of fused-ring (bicyclic) bond motifs is 1. The van der Waals surface area contributed by atoms with E-state index < -0.39 is 0 Å². The summed E-state index contributed by atoms with van der Waals surface area (Å²) in [6.45, 7) is 4.70. The lowest BCUT2D eigenvalue weighted by Crippen LogP contribution is -2.15. The average molecular weight is 297 g/mol. The molecule has 0 spiro atoms. The van der Waals surface area contributed by atoms with Crippen molar-refractivity contribution in [2.45, 2.75) is 26.3 Å². The third-order valence-electron chi connectivity index (χ3n) is 2.83. The van der Waals surface area contributed by atoms with Gasteiger partial charge in [0.25, 0.3) is 0 Å². The van der Waals surface area contributed by atoms with Crippen molar-refractivity contribution in [2.75, 3.05) is 13.2 Å². The lowest BCUT2D eigenvalue weighted by molar-refractivity contribution is -0.143. The Morgan fingerprint density at radius 2 is 2.15 bits per heavy atom. The molecule has 0 unspecified atom stereocenters. The van der Waals surface area contributed by atoms with Gasteiger partial charge in [0, 0.05) is 0 Å². The third-order valence-corrected chi connectivity index (χ3v) is 3.07. The summed E-state index contributed by atoms with van der Waals surface area (Å²) in [5.41, 5.74) is 1.54. The zero-order valence-electron chi connectivity index (χ0n) is 11.6. The van der Waals surface area contributed by atoms with Gasteiger partial charge < -0.3 is 14.0 Å². The van der Waals surface area contributed by atoms with Crippen molar-refractivity contribution >= 4 is 28.6 Å². The van der Waals surface area contributed by atoms with Crippen LogP contribution in [0.25, 0.3) is 11.0 Å². The van der Waals surface area contributed by atoms with Crippen molar-refractivity contribution in [3.63, 3.8) is 0 Å². The van der Waals surface area contributed by atoms with Gasteiger partial charge in [0.15, 0.2) is 0 Å². The summed E-state index contributed by atoms with van der Waals surface area (Å²) in [4.78, 5) is 16.1. The number of carbonyl (C=O) groups is 1. The minimum atomic E-state index is -0.306. The number of alkyl halides is 1. The van der Waals surface area contributed by atoms with Gasteiger partial charge in [-0.3, -0.25) is 4.79 Å². The molecule has 6 heteroatoms. The molecular formula is C14H17ClN2O3. The van der Waals surface area contributed by atoms with E-state index in [0.29, 0.717) is 30.3 Å². The maximum absolute atomic E-state index is 11.7. The van der Waals surface area contributed by atoms with Gasteiger partial charge in [-0.1, -0.05) is 6.07 Å². The lowest BCUT2D eigenvalue weighted by atomic mass is 10.3. The average Bonchev–Trinajstić information content (AvgIpc) is 2.79. The van der Waals surface area contributed by atoms with E-state index in [9.17, 15) is 4.79 Å². The maximum Gasteiger partial charge on any atom is 0.326 e. The predicted molar refractivity (Wildman–Crippen MR) is 77.1 cm³/mol. The van der Waals surface area contributed by atoms with Crippen LogP contribution in [-0.2, 0) is 22.0 Å². The molecular weight excluding hydrogens is 280 g/mol. The summed E-state index contributed by atoms with van der Waals surface area (Å²) in [6, 6.07) is 5.61. The van der Waals surface area contributed by atoms with Crippen LogP contribution in [0, 0.1) is 0 Å². The SMILES string of the molecule is CCOC(=O)Cn1c(CCl)nc2c(OCC)cccc21. The fourth-order valence-corrected chi connectivity index (χ4v) is 2.26. The molecule has 0 radical (unpaired) electrons. The number of para-hydroxylation sites is 1. The monoisotopic (exact) mass is 296 g/mol. The lowest BCUT2D eigenvalue weighted by Gasteiger charge is -2.07. The molecule has 0 saturated carbocycles. The number of hydrogen-bond donors (Lipinski definition) is 0. The minimum Gasteiger partial charge on any atom is -0.492 e. The molecule has 0 aliphatic heterocycles. The van der Waals surface area contributed by atoms with Gasteiger partial charge in [-0.05, 0) is 26.0 Å². The van der Waals surface area contributed by atoms with Crippen molar-refractivity contribution in [2.24, 2.45) is 0 Å². The second-order valence-corrected chi connectivity index (χ2v) is 4.38. The molecule has 2 rings (SSSR count). The van der Waals surface area contributed by atoms with E-state index in [0.717, 1.165) is 5.52 Å². The molecule has 0 aliphatic carbocycles. The van der Waals surface area contributed by atoms with E-state index in [2.05, 4.69) is 4.98 Å². The van der Waals surface area contributed by atoms with E-state index in [-0.39, 0.29) is 18.4 Å². The Morgan fingerprint density at radius 1 is 1.35 bits per heavy atom. The molecule has 2 aromatic rings. The smallest absolute Gasteiger partial charge is 0.326 e. The summed E-state index contributed by atoms with van der Waals surface area (Å²) in [5.74, 6) is 1.24. The Morgan fingerprint density at radius 3 is 2.80 bits per heavy atom. The molecule has 1 aromatic carbocycles. The first-order valence-electron chi connectivity index (χ1n) is 6.53. The third kappa shape index (κ3) is 2.88. The zero-order valence-corrected chi connectivity index (χ0v) is 12.3. The number of rotatable bonds is 6. The maximum atomic E-state index is 11.7. The first kappa shape index (κ1) is 14.7. The number of hydrogen-bond acceptors (Lipinski definition) is 4. The quantitative estimate of drug-likeness (QED) is 0.607. The summed E-state index contributed by atoms with van der Waals surface area (Å²) in [6.07, 6.45) is 0. The van der Waals surface area contributed by atoms with Gasteiger partial charge in [0.2, 0.25) is 0 Å². The molecule has 0 saturated heterocycles. The van der Waals surface area contributed by atoms with Gasteiger partial charge in [-0.2, -0.15) is 0 Å². The number of nitrogens with zero attached hydrogens (tertiary/aromatic N) is 2. The van der Waals surface area contributed by atoms with E-state index >= 15 is 0 Å². The zero-order chi connectivity index (χ0) is 14.5. The highest BCUT2D eigenvalue weighted by Gasteiger charge is 2.16. The fraction of sp³-hybridized carbons (Fsp3) is 0.429. The Balaban J connectivity index is 2.46. The van der Waals surface area contributed by atoms with Crippen LogP contribution in [0.4, 0.5) is 0 Å². The van der Waals surface area contributed by atoms with E-state index in [1.807, 2.05) is 25.1 Å². The number of aromatic nitrogens is 2. The molecule has 0 aliphatic rings. The van der Waals surface area contributed by atoms with E-state index in [1.54, 1.807) is 11.5 Å². The molecule has 20 heavy (non-hydrogen) atoms. The van der Waals surface area contributed by atoms with Crippen LogP contribution >= 0.6 is 11.6 Å². The Hall–Kier alpha value is -1.75. The van der Waals surface area contributed by atoms with E-state index in [4.69, 9.17) is 21.1 Å². The van der Waals surface area contributed by atoms with Crippen molar-refractivity contribution in [3.8, 4) is 5.75 Å². The van der Waals surface area contributed by atoms with Crippen molar-refractivity contribution in [1.29, 1.82) is 0 Å². The molecule has 1 aromatic heterocycles. The van der Waals surface area contributed by atoms with Gasteiger partial charge in [0.05, 0.1) is 24.6 Å². The van der Waals surface area contributed by atoms with Crippen LogP contribution in [0.15, 0.2) is 18.2 Å². The van der Waals surface area contributed by atoms with Crippen LogP contribution in [0.1, 0.15) is 19.7 Å². The molecule has 0 amide bonds. The van der Waals surface area contributed by atoms with Crippen molar-refractivity contribution in [3.05, 3.63) is 24.0 Å². The minimum absolute atomic E-state index is 0.0992. The standard InChI is InChI=1S/C14H17ClN2O3/c1-3-19-11-7-5-6-10-14(11)16-12(8-15)17(10)9-13(18)20-4-2/h5-7H,3-4,8-9H2,1-2H3. The molecule has 0 N–H and O–H groups in total. The largest absolute Gasteiger partial charge is 0.492 e. The summed E-state index contributed by atoms with van der Waals surface area (Å²) in [5, 5.41) is 0. The molecule has 108 valence electrons. The van der Waals surface area contributed by atoms with Crippen LogP contribution < -0.4 is 4.74 Å². The topological polar surface area (TPSA) is 53.4 Å². The first-order valence-corrected chi connectivity index (χ1v) is 7.07. The molecule has 1 heterocycles. The van der Waals surface area contributed by atoms with Gasteiger partial charge >= 0.3 is 5.97 Å². The molecule has 5 nitrogen and oxygen atoms in total. The molecule has 0 bridgehead atoms. The Bertz CT molecular complexity index is 610. The number of ether oxygens (including phenoxy) is 2. The van der Waals surface area contributed by atoms with Gasteiger partial charge in [0.1, 0.15) is 23.6 Å². The van der Waals surface area contributed by atoms with Crippen molar-refractivity contribution in [1.82, 2.24) is 9.55 Å². The second kappa shape index (κ2) is 6.61. The van der Waals surface area contributed by atoms with Gasteiger partial charge in [-0.15, -0.1) is 11.6 Å². The highest BCUT2D eigenvalue weighted by molar-refractivity contribution is 6.17. The van der Waals surface area contributed by atoms with Crippen LogP contribution in [0.3, 0.4) is 0 Å². The number of carbonyl (C=O) groups excluding carboxylic acids is 1. The first-order chi connectivity index (χ1) is 9.71. The molecule has 0 atom stereocenters. The number of halogens is 1. The van der Waals surface area contributed by atoms with Crippen molar-refractivity contribution < 1.29 is 14.3 Å². The van der Waals surface area contributed by atoms with Crippen LogP contribution in [0.5, 0.6) is 5.75 Å². The summed E-state index contributed by atoms with van der Waals surface area (Å²) >= 11 is 5.92. The fourth-order valence-electron chi connectivity index (χ4n) is 2.06. The highest BCUT2D eigenvalue weighted by atomic mass is 35.5. The molecule has 0 fully saturated rings. The summed E-state index contributed by atoms with van der Waals surface area (Å²) < 4.78 is 12.3. The normalized spacial score (nSPS) is 10.8. The van der Waals surface area contributed by atoms with Crippen LogP contribution in [0.2, 0.25) is 0 Å². The number of esters is 1. The number of benzene rings is 1. The predicted octanol–water partition coefficient (Wildman–Crippen LogP) is 2.74. The summed E-state index contributed by atoms with van der Waals surface area (Å²) in [7, 11) is 0. The Kier molecular flexibility index (Phi) is 4.84. The van der Waals surface area contributed by atoms with Gasteiger partial charge in [-0.25, -0.2) is 4.98 Å². The Labute approximate surface area is 122 Å². The number of imidazole rings is 1. The second-order valence-electron chi connectivity index (χ2n) is 4.11.